The minimum absolute atomic E-state index is 0.0680. The van der Waals surface area contributed by atoms with E-state index in [1.54, 1.807) is 0 Å². The summed E-state index contributed by atoms with van der Waals surface area (Å²) in [5.41, 5.74) is 0.883. The molecule has 1 N–H and O–H groups in total. The van der Waals surface area contributed by atoms with E-state index in [2.05, 4.69) is 33.9 Å². The van der Waals surface area contributed by atoms with Crippen LogP contribution in [-0.4, -0.2) is 56.7 Å². The van der Waals surface area contributed by atoms with E-state index in [0.717, 1.165) is 5.56 Å². The van der Waals surface area contributed by atoms with E-state index in [0.29, 0.717) is 0 Å². The summed E-state index contributed by atoms with van der Waals surface area (Å²) in [5, 5.41) is 10.9. The molecule has 2 fully saturated rings. The lowest BCUT2D eigenvalue weighted by Gasteiger charge is -2.50. The lowest BCUT2D eigenvalue weighted by molar-refractivity contribution is -0.353. The fourth-order valence-corrected chi connectivity index (χ4v) is 4.56. The number of esters is 1. The van der Waals surface area contributed by atoms with Crippen LogP contribution in [0.1, 0.15) is 39.5 Å². The largest absolute Gasteiger partial charge is 0.433 e. The molecule has 2 aliphatic rings. The zero-order valence-corrected chi connectivity index (χ0v) is 19.0. The number of aliphatic hydroxyl groups is 1. The van der Waals surface area contributed by atoms with Crippen molar-refractivity contribution in [2.75, 3.05) is 6.61 Å². The molecule has 0 aliphatic carbocycles. The second-order valence-electron chi connectivity index (χ2n) is 9.16. The smallest absolute Gasteiger partial charge is 0.305 e. The summed E-state index contributed by atoms with van der Waals surface area (Å²) in [4.78, 5) is 11.5. The number of hydrogen-bond donors (Lipinski definition) is 1. The van der Waals surface area contributed by atoms with Gasteiger partial charge in [-0.3, -0.25) is 4.79 Å². The van der Waals surface area contributed by atoms with Crippen molar-refractivity contribution in [1.82, 2.24) is 0 Å². The van der Waals surface area contributed by atoms with E-state index in [4.69, 9.17) is 23.4 Å². The van der Waals surface area contributed by atoms with Crippen molar-refractivity contribution < 1.29 is 33.3 Å². The average molecular weight is 425 g/mol. The SMILES string of the molecule is CC(=O)OC1O[C@@H]2COC(c3ccccc3)O[C@H]2[C@H](O[Si](C)(C)C(C)(C)C)[C@H]1O. The van der Waals surface area contributed by atoms with Crippen molar-refractivity contribution in [2.24, 2.45) is 0 Å². The Morgan fingerprint density at radius 2 is 1.83 bits per heavy atom. The molecule has 1 aromatic rings. The molecule has 2 heterocycles. The normalized spacial score (nSPS) is 33.1. The van der Waals surface area contributed by atoms with Crippen molar-refractivity contribution >= 4 is 14.3 Å². The van der Waals surface area contributed by atoms with Crippen molar-refractivity contribution in [1.29, 1.82) is 0 Å². The predicted molar refractivity (Wildman–Crippen MR) is 109 cm³/mol. The molecule has 0 amide bonds. The molecule has 29 heavy (non-hydrogen) atoms. The number of carbonyl (C=O) groups is 1. The molecule has 2 unspecified atom stereocenters. The summed E-state index contributed by atoms with van der Waals surface area (Å²) in [6.45, 7) is 12.1. The number of ether oxygens (including phenoxy) is 4. The van der Waals surface area contributed by atoms with Crippen molar-refractivity contribution in [3.8, 4) is 0 Å². The van der Waals surface area contributed by atoms with Crippen molar-refractivity contribution in [2.45, 2.75) is 82.8 Å². The van der Waals surface area contributed by atoms with Gasteiger partial charge in [0.05, 0.1) is 6.61 Å². The van der Waals surface area contributed by atoms with Crippen LogP contribution in [0.25, 0.3) is 0 Å². The molecule has 2 saturated heterocycles. The van der Waals surface area contributed by atoms with Crippen LogP contribution in [0.2, 0.25) is 18.1 Å². The fraction of sp³-hybridized carbons (Fsp3) is 0.667. The number of rotatable bonds is 4. The van der Waals surface area contributed by atoms with Crippen LogP contribution >= 0.6 is 0 Å². The summed E-state index contributed by atoms with van der Waals surface area (Å²) in [6.07, 6.45) is -4.63. The highest BCUT2D eigenvalue weighted by Crippen LogP contribution is 2.42. The van der Waals surface area contributed by atoms with Gasteiger partial charge in [-0.05, 0) is 18.1 Å². The standard InChI is InChI=1S/C21H32O7Si/c1-13(22)25-20-16(23)18(28-29(5,6)21(2,3)4)17-15(26-20)12-24-19(27-17)14-10-8-7-9-11-14/h7-11,15-20,23H,12H2,1-6H3/t15-,16-,17-,18-,19?,20?/m1/s1. The zero-order valence-electron chi connectivity index (χ0n) is 18.0. The van der Waals surface area contributed by atoms with E-state index in [-0.39, 0.29) is 11.6 Å². The van der Waals surface area contributed by atoms with E-state index in [1.807, 2.05) is 30.3 Å². The van der Waals surface area contributed by atoms with E-state index in [1.165, 1.54) is 6.92 Å². The Hall–Kier alpha value is -1.29. The minimum atomic E-state index is -2.26. The van der Waals surface area contributed by atoms with Gasteiger partial charge in [0.2, 0.25) is 6.29 Å². The third kappa shape index (κ3) is 4.90. The quantitative estimate of drug-likeness (QED) is 0.587. The third-order valence-electron chi connectivity index (χ3n) is 5.90. The van der Waals surface area contributed by atoms with E-state index >= 15 is 0 Å². The minimum Gasteiger partial charge on any atom is -0.433 e. The Morgan fingerprint density at radius 1 is 1.17 bits per heavy atom. The van der Waals surface area contributed by atoms with Crippen molar-refractivity contribution in [3.63, 3.8) is 0 Å². The molecule has 0 aromatic heterocycles. The highest BCUT2D eigenvalue weighted by atomic mass is 28.4. The Labute approximate surface area is 173 Å². The van der Waals surface area contributed by atoms with Gasteiger partial charge in [0.25, 0.3) is 0 Å². The number of fused-ring (bicyclic) bond motifs is 1. The van der Waals surface area contributed by atoms with Crippen LogP contribution in [0.4, 0.5) is 0 Å². The first-order valence-electron chi connectivity index (χ1n) is 10.0. The van der Waals surface area contributed by atoms with Gasteiger partial charge in [0.1, 0.15) is 24.4 Å². The number of benzene rings is 1. The summed E-state index contributed by atoms with van der Waals surface area (Å²) >= 11 is 0. The molecule has 2 aliphatic heterocycles. The molecule has 3 rings (SSSR count). The van der Waals surface area contributed by atoms with Gasteiger partial charge < -0.3 is 28.5 Å². The van der Waals surface area contributed by atoms with Crippen LogP contribution in [0, 0.1) is 0 Å². The molecule has 162 valence electrons. The molecule has 7 nitrogen and oxygen atoms in total. The lowest BCUT2D eigenvalue weighted by atomic mass is 9.98. The van der Waals surface area contributed by atoms with Gasteiger partial charge >= 0.3 is 5.97 Å². The zero-order chi connectivity index (χ0) is 21.4. The van der Waals surface area contributed by atoms with E-state index < -0.39 is 51.3 Å². The Balaban J connectivity index is 1.87. The molecular weight excluding hydrogens is 392 g/mol. The van der Waals surface area contributed by atoms with Gasteiger partial charge in [0.15, 0.2) is 14.6 Å². The van der Waals surface area contributed by atoms with Crippen LogP contribution in [0.15, 0.2) is 30.3 Å². The molecule has 0 bridgehead atoms. The molecule has 0 saturated carbocycles. The first-order valence-corrected chi connectivity index (χ1v) is 12.9. The molecular formula is C21H32O7Si. The summed E-state index contributed by atoms with van der Waals surface area (Å²) < 4.78 is 29.7. The highest BCUT2D eigenvalue weighted by Gasteiger charge is 2.54. The Bertz CT molecular complexity index is 703. The fourth-order valence-electron chi connectivity index (χ4n) is 3.25. The van der Waals surface area contributed by atoms with Crippen LogP contribution < -0.4 is 0 Å². The van der Waals surface area contributed by atoms with Crippen LogP contribution in [-0.2, 0) is 28.2 Å². The Kier molecular flexibility index (Phi) is 6.52. The van der Waals surface area contributed by atoms with Gasteiger partial charge in [-0.2, -0.15) is 0 Å². The molecule has 1 aromatic carbocycles. The second kappa shape index (κ2) is 8.45. The monoisotopic (exact) mass is 424 g/mol. The number of aliphatic hydroxyl groups excluding tert-OH is 1. The first-order chi connectivity index (χ1) is 13.5. The van der Waals surface area contributed by atoms with Gasteiger partial charge in [0, 0.05) is 12.5 Å². The third-order valence-corrected chi connectivity index (χ3v) is 10.4. The van der Waals surface area contributed by atoms with Gasteiger partial charge in [-0.1, -0.05) is 51.1 Å². The maximum Gasteiger partial charge on any atom is 0.305 e. The second-order valence-corrected chi connectivity index (χ2v) is 13.9. The predicted octanol–water partition coefficient (Wildman–Crippen LogP) is 3.14. The van der Waals surface area contributed by atoms with E-state index in [9.17, 15) is 9.90 Å². The van der Waals surface area contributed by atoms with Gasteiger partial charge in [-0.15, -0.1) is 0 Å². The first kappa shape index (κ1) is 22.4. The highest BCUT2D eigenvalue weighted by molar-refractivity contribution is 6.74. The number of hydrogen-bond acceptors (Lipinski definition) is 7. The topological polar surface area (TPSA) is 83.5 Å². The average Bonchev–Trinajstić information content (AvgIpc) is 2.64. The summed E-state index contributed by atoms with van der Waals surface area (Å²) in [6, 6.07) is 9.62. The molecule has 0 radical (unpaired) electrons. The van der Waals surface area contributed by atoms with Gasteiger partial charge in [-0.25, -0.2) is 0 Å². The van der Waals surface area contributed by atoms with Crippen LogP contribution in [0.3, 0.4) is 0 Å². The maximum atomic E-state index is 11.5. The van der Waals surface area contributed by atoms with Crippen molar-refractivity contribution in [3.05, 3.63) is 35.9 Å². The maximum absolute atomic E-state index is 11.5. The molecule has 8 heteroatoms. The van der Waals surface area contributed by atoms with Crippen LogP contribution in [0.5, 0.6) is 0 Å². The molecule has 6 atom stereocenters. The summed E-state index contributed by atoms with van der Waals surface area (Å²) in [5.74, 6) is -0.529. The summed E-state index contributed by atoms with van der Waals surface area (Å²) in [7, 11) is -2.26. The molecule has 0 spiro atoms. The Morgan fingerprint density at radius 3 is 2.41 bits per heavy atom. The number of carbonyl (C=O) groups excluding carboxylic acids is 1. The lowest BCUT2D eigenvalue weighted by Crippen LogP contribution is -2.65.